The van der Waals surface area contributed by atoms with Gasteiger partial charge in [0.2, 0.25) is 0 Å². The fourth-order valence-electron chi connectivity index (χ4n) is 4.44. The highest BCUT2D eigenvalue weighted by Gasteiger charge is 2.36. The number of aromatic nitrogens is 2. The lowest BCUT2D eigenvalue weighted by molar-refractivity contribution is -0.123. The standard InChI is InChI=1S/C20H21F3N4O3/c21-20(22,23)11-25-18(29)15-3-4-16-14-6-12(8-27(16)19(15)30)7-26(10-14)9-13-2-1-5-24-17(13)28/h1-5,12,14H,6-11H2,(H,24,28)(H,25,29)/t12-,14+/m0/s1. The smallest absolute Gasteiger partial charge is 0.343 e. The maximum Gasteiger partial charge on any atom is 0.405 e. The molecule has 30 heavy (non-hydrogen) atoms. The molecule has 0 spiro atoms. The summed E-state index contributed by atoms with van der Waals surface area (Å²) in [5.41, 5.74) is 0.478. The molecule has 0 aliphatic carbocycles. The average molecular weight is 422 g/mol. The number of aromatic amines is 1. The number of hydrogen-bond donors (Lipinski definition) is 2. The topological polar surface area (TPSA) is 87.2 Å². The fraction of sp³-hybridized carbons (Fsp3) is 0.450. The molecule has 4 heterocycles. The summed E-state index contributed by atoms with van der Waals surface area (Å²) in [7, 11) is 0. The molecule has 0 radical (unpaired) electrons. The third-order valence-electron chi connectivity index (χ3n) is 5.67. The number of alkyl halides is 3. The fourth-order valence-corrected chi connectivity index (χ4v) is 4.44. The largest absolute Gasteiger partial charge is 0.405 e. The summed E-state index contributed by atoms with van der Waals surface area (Å²) >= 11 is 0. The molecule has 160 valence electrons. The van der Waals surface area contributed by atoms with Crippen LogP contribution in [0.2, 0.25) is 0 Å². The van der Waals surface area contributed by atoms with Crippen LogP contribution in [0, 0.1) is 5.92 Å². The van der Waals surface area contributed by atoms with Crippen LogP contribution in [0.5, 0.6) is 0 Å². The molecule has 2 bridgehead atoms. The zero-order chi connectivity index (χ0) is 21.5. The van der Waals surface area contributed by atoms with E-state index in [-0.39, 0.29) is 23.0 Å². The summed E-state index contributed by atoms with van der Waals surface area (Å²) in [4.78, 5) is 41.7. The van der Waals surface area contributed by atoms with Gasteiger partial charge in [0, 0.05) is 49.6 Å². The SMILES string of the molecule is O=C(NCC(F)(F)F)c1ccc2n(c1=O)C[C@H]1C[C@@H]2CN(Cc2ccc[nH]c2=O)C1. The first-order chi connectivity index (χ1) is 14.2. The van der Waals surface area contributed by atoms with Crippen molar-refractivity contribution < 1.29 is 18.0 Å². The first kappa shape index (κ1) is 20.4. The van der Waals surface area contributed by atoms with Gasteiger partial charge in [0.1, 0.15) is 12.1 Å². The summed E-state index contributed by atoms with van der Waals surface area (Å²) in [6, 6.07) is 6.53. The number of pyridine rings is 2. The van der Waals surface area contributed by atoms with E-state index in [1.807, 2.05) is 0 Å². The molecule has 4 rings (SSSR count). The monoisotopic (exact) mass is 422 g/mol. The van der Waals surface area contributed by atoms with Crippen LogP contribution in [0.15, 0.2) is 40.1 Å². The Bertz CT molecular complexity index is 1080. The summed E-state index contributed by atoms with van der Waals surface area (Å²) < 4.78 is 38.6. The summed E-state index contributed by atoms with van der Waals surface area (Å²) in [6.45, 7) is 0.773. The second kappa shape index (κ2) is 7.75. The zero-order valence-corrected chi connectivity index (χ0v) is 16.0. The van der Waals surface area contributed by atoms with E-state index in [1.165, 1.54) is 10.6 Å². The summed E-state index contributed by atoms with van der Waals surface area (Å²) in [6.07, 6.45) is -2.07. The number of hydrogen-bond acceptors (Lipinski definition) is 4. The maximum absolute atomic E-state index is 12.8. The number of piperidine rings is 1. The molecule has 2 aliphatic heterocycles. The van der Waals surface area contributed by atoms with Crippen LogP contribution in [0.1, 0.15) is 34.0 Å². The van der Waals surface area contributed by atoms with Crippen molar-refractivity contribution in [3.8, 4) is 0 Å². The molecule has 2 atom stereocenters. The number of fused-ring (bicyclic) bond motifs is 4. The van der Waals surface area contributed by atoms with Crippen molar-refractivity contribution in [3.05, 3.63) is 68.0 Å². The number of halogens is 3. The molecular formula is C20H21F3N4O3. The van der Waals surface area contributed by atoms with Gasteiger partial charge in [-0.3, -0.25) is 19.3 Å². The van der Waals surface area contributed by atoms with Crippen LogP contribution in [0.25, 0.3) is 0 Å². The van der Waals surface area contributed by atoms with Crippen molar-refractivity contribution in [1.82, 2.24) is 19.8 Å². The minimum atomic E-state index is -4.54. The third kappa shape index (κ3) is 4.18. The van der Waals surface area contributed by atoms with E-state index in [0.717, 1.165) is 12.1 Å². The second-order valence-corrected chi connectivity index (χ2v) is 7.90. The van der Waals surface area contributed by atoms with Gasteiger partial charge in [0.25, 0.3) is 17.0 Å². The Morgan fingerprint density at radius 2 is 1.97 bits per heavy atom. The molecule has 2 aromatic rings. The number of H-pyrrole nitrogens is 1. The molecule has 7 nitrogen and oxygen atoms in total. The van der Waals surface area contributed by atoms with Gasteiger partial charge in [-0.05, 0) is 30.5 Å². The highest BCUT2D eigenvalue weighted by molar-refractivity contribution is 5.93. The Morgan fingerprint density at radius 3 is 2.70 bits per heavy atom. The van der Waals surface area contributed by atoms with E-state index < -0.39 is 24.2 Å². The van der Waals surface area contributed by atoms with Gasteiger partial charge in [-0.2, -0.15) is 13.2 Å². The van der Waals surface area contributed by atoms with Crippen molar-refractivity contribution in [1.29, 1.82) is 0 Å². The molecule has 1 amide bonds. The predicted octanol–water partition coefficient (Wildman–Crippen LogP) is 1.45. The zero-order valence-electron chi connectivity index (χ0n) is 16.0. The highest BCUT2D eigenvalue weighted by atomic mass is 19.4. The van der Waals surface area contributed by atoms with Gasteiger partial charge in [-0.1, -0.05) is 6.07 Å². The predicted molar refractivity (Wildman–Crippen MR) is 102 cm³/mol. The van der Waals surface area contributed by atoms with Crippen LogP contribution in [-0.2, 0) is 13.1 Å². The number of amides is 1. The Hall–Kier alpha value is -2.88. The van der Waals surface area contributed by atoms with Gasteiger partial charge < -0.3 is 14.9 Å². The van der Waals surface area contributed by atoms with Crippen molar-refractivity contribution in [2.45, 2.75) is 31.6 Å². The lowest BCUT2D eigenvalue weighted by Crippen LogP contribution is -2.48. The minimum Gasteiger partial charge on any atom is -0.343 e. The van der Waals surface area contributed by atoms with Crippen LogP contribution in [0.3, 0.4) is 0 Å². The lowest BCUT2D eigenvalue weighted by Gasteiger charge is -2.42. The highest BCUT2D eigenvalue weighted by Crippen LogP contribution is 2.35. The van der Waals surface area contributed by atoms with E-state index in [4.69, 9.17) is 0 Å². The quantitative estimate of drug-likeness (QED) is 0.781. The first-order valence-electron chi connectivity index (χ1n) is 9.69. The van der Waals surface area contributed by atoms with Gasteiger partial charge in [0.15, 0.2) is 0 Å². The molecule has 2 aromatic heterocycles. The second-order valence-electron chi connectivity index (χ2n) is 7.90. The molecule has 0 saturated carbocycles. The number of nitrogens with zero attached hydrogens (tertiary/aromatic N) is 2. The van der Waals surface area contributed by atoms with E-state index in [0.29, 0.717) is 31.7 Å². The maximum atomic E-state index is 12.8. The van der Waals surface area contributed by atoms with E-state index in [2.05, 4.69) is 9.88 Å². The van der Waals surface area contributed by atoms with Gasteiger partial charge >= 0.3 is 6.18 Å². The number of likely N-dealkylation sites (tertiary alicyclic amines) is 1. The Balaban J connectivity index is 1.54. The van der Waals surface area contributed by atoms with Crippen molar-refractivity contribution >= 4 is 5.91 Å². The van der Waals surface area contributed by atoms with Crippen molar-refractivity contribution in [2.24, 2.45) is 5.92 Å². The summed E-state index contributed by atoms with van der Waals surface area (Å²) in [5, 5.41) is 1.76. The van der Waals surface area contributed by atoms with Crippen LogP contribution < -0.4 is 16.4 Å². The van der Waals surface area contributed by atoms with Gasteiger partial charge in [0.05, 0.1) is 0 Å². The molecular weight excluding hydrogens is 401 g/mol. The molecule has 1 fully saturated rings. The molecule has 10 heteroatoms. The van der Waals surface area contributed by atoms with E-state index in [1.54, 1.807) is 29.7 Å². The minimum absolute atomic E-state index is 0.0558. The van der Waals surface area contributed by atoms with Crippen LogP contribution >= 0.6 is 0 Å². The Kier molecular flexibility index (Phi) is 5.27. The molecule has 0 unspecified atom stereocenters. The van der Waals surface area contributed by atoms with Crippen LogP contribution in [-0.4, -0.2) is 46.2 Å². The van der Waals surface area contributed by atoms with E-state index >= 15 is 0 Å². The number of carbonyl (C=O) groups excluding carboxylic acids is 1. The lowest BCUT2D eigenvalue weighted by atomic mass is 9.83. The normalized spacial score (nSPS) is 21.2. The van der Waals surface area contributed by atoms with Gasteiger partial charge in [-0.15, -0.1) is 0 Å². The van der Waals surface area contributed by atoms with Crippen molar-refractivity contribution in [2.75, 3.05) is 19.6 Å². The van der Waals surface area contributed by atoms with Crippen molar-refractivity contribution in [3.63, 3.8) is 0 Å². The summed E-state index contributed by atoms with van der Waals surface area (Å²) in [5.74, 6) is -0.807. The molecule has 1 saturated heterocycles. The number of nitrogens with one attached hydrogen (secondary N) is 2. The number of carbonyl (C=O) groups is 1. The Labute approximate surface area is 169 Å². The van der Waals surface area contributed by atoms with Gasteiger partial charge in [-0.25, -0.2) is 0 Å². The Morgan fingerprint density at radius 1 is 1.17 bits per heavy atom. The van der Waals surface area contributed by atoms with Crippen LogP contribution in [0.4, 0.5) is 13.2 Å². The molecule has 0 aromatic carbocycles. The first-order valence-corrected chi connectivity index (χ1v) is 9.69. The average Bonchev–Trinajstić information content (AvgIpc) is 2.68. The molecule has 2 aliphatic rings. The third-order valence-corrected chi connectivity index (χ3v) is 5.67. The van der Waals surface area contributed by atoms with E-state index in [9.17, 15) is 27.6 Å². The number of rotatable bonds is 4. The molecule has 2 N–H and O–H groups in total.